The van der Waals surface area contributed by atoms with Crippen LogP contribution in [0.4, 0.5) is 11.5 Å². The third-order valence-electron chi connectivity index (χ3n) is 4.66. The molecule has 1 aliphatic heterocycles. The van der Waals surface area contributed by atoms with Gasteiger partial charge in [0.2, 0.25) is 6.41 Å². The van der Waals surface area contributed by atoms with E-state index in [2.05, 4.69) is 9.88 Å². The molecule has 0 bridgehead atoms. The summed E-state index contributed by atoms with van der Waals surface area (Å²) in [6, 6.07) is 11.6. The summed E-state index contributed by atoms with van der Waals surface area (Å²) < 4.78 is 0. The van der Waals surface area contributed by atoms with Crippen molar-refractivity contribution in [2.75, 3.05) is 42.5 Å². The zero-order valence-corrected chi connectivity index (χ0v) is 15.3. The average molecular weight is 352 g/mol. The summed E-state index contributed by atoms with van der Waals surface area (Å²) in [7, 11) is 0. The largest absolute Gasteiger partial charge is 0.353 e. The second-order valence-corrected chi connectivity index (χ2v) is 6.42. The van der Waals surface area contributed by atoms with Crippen LogP contribution in [0.25, 0.3) is 0 Å². The van der Waals surface area contributed by atoms with Gasteiger partial charge in [-0.25, -0.2) is 4.98 Å². The molecule has 0 aliphatic carbocycles. The number of rotatable bonds is 5. The molecule has 1 aromatic heterocycles. The SMILES string of the molecule is CCN(C(=O)c1ccc(N2CCN(C=O)CC2)nc1)c1cccc(C)c1. The number of anilines is 2. The van der Waals surface area contributed by atoms with Crippen LogP contribution in [-0.2, 0) is 4.79 Å². The lowest BCUT2D eigenvalue weighted by molar-refractivity contribution is -0.118. The second kappa shape index (κ2) is 7.99. The predicted molar refractivity (Wildman–Crippen MR) is 103 cm³/mol. The van der Waals surface area contributed by atoms with Crippen molar-refractivity contribution in [1.82, 2.24) is 9.88 Å². The van der Waals surface area contributed by atoms with E-state index in [1.807, 2.05) is 50.2 Å². The van der Waals surface area contributed by atoms with Crippen molar-refractivity contribution in [3.8, 4) is 0 Å². The van der Waals surface area contributed by atoms with Gasteiger partial charge in [0.1, 0.15) is 5.82 Å². The summed E-state index contributed by atoms with van der Waals surface area (Å²) in [5.41, 5.74) is 2.59. The summed E-state index contributed by atoms with van der Waals surface area (Å²) in [6.07, 6.45) is 2.53. The molecule has 0 saturated carbocycles. The number of carbonyl (C=O) groups is 2. The fraction of sp³-hybridized carbons (Fsp3) is 0.350. The number of hydrogen-bond donors (Lipinski definition) is 0. The van der Waals surface area contributed by atoms with E-state index in [1.54, 1.807) is 16.0 Å². The molecule has 2 aromatic rings. The van der Waals surface area contributed by atoms with Crippen LogP contribution < -0.4 is 9.80 Å². The van der Waals surface area contributed by atoms with Crippen LogP contribution >= 0.6 is 0 Å². The standard InChI is InChI=1S/C20H24N4O2/c1-3-24(18-6-4-5-16(2)13-18)20(26)17-7-8-19(21-14-17)23-11-9-22(15-25)10-12-23/h4-8,13-15H,3,9-12H2,1-2H3. The second-order valence-electron chi connectivity index (χ2n) is 6.42. The predicted octanol–water partition coefficient (Wildman–Crippen LogP) is 2.34. The van der Waals surface area contributed by atoms with Crippen molar-refractivity contribution < 1.29 is 9.59 Å². The number of benzene rings is 1. The molecule has 1 aromatic carbocycles. The van der Waals surface area contributed by atoms with Gasteiger partial charge < -0.3 is 14.7 Å². The van der Waals surface area contributed by atoms with Gasteiger partial charge in [0.15, 0.2) is 0 Å². The van der Waals surface area contributed by atoms with Gasteiger partial charge in [-0.1, -0.05) is 12.1 Å². The Morgan fingerprint density at radius 2 is 1.96 bits per heavy atom. The molecule has 1 aliphatic rings. The van der Waals surface area contributed by atoms with Gasteiger partial charge in [-0.2, -0.15) is 0 Å². The first-order valence-electron chi connectivity index (χ1n) is 8.91. The fourth-order valence-corrected chi connectivity index (χ4v) is 3.15. The maximum absolute atomic E-state index is 12.9. The van der Waals surface area contributed by atoms with Gasteiger partial charge in [-0.15, -0.1) is 0 Å². The quantitative estimate of drug-likeness (QED) is 0.775. The molecular weight excluding hydrogens is 328 g/mol. The Hall–Kier alpha value is -2.89. The lowest BCUT2D eigenvalue weighted by atomic mass is 10.1. The molecule has 0 spiro atoms. The molecule has 1 saturated heterocycles. The molecular formula is C20H24N4O2. The third kappa shape index (κ3) is 3.85. The Bertz CT molecular complexity index is 768. The highest BCUT2D eigenvalue weighted by Crippen LogP contribution is 2.20. The van der Waals surface area contributed by atoms with Gasteiger partial charge in [-0.05, 0) is 43.7 Å². The summed E-state index contributed by atoms with van der Waals surface area (Å²) in [6.45, 7) is 7.48. The van der Waals surface area contributed by atoms with Gasteiger partial charge in [0.05, 0.1) is 5.56 Å². The Labute approximate surface area is 154 Å². The Balaban J connectivity index is 1.73. The number of nitrogens with zero attached hydrogens (tertiary/aromatic N) is 4. The third-order valence-corrected chi connectivity index (χ3v) is 4.66. The van der Waals surface area contributed by atoms with E-state index in [4.69, 9.17) is 0 Å². The molecule has 3 rings (SSSR count). The first-order valence-corrected chi connectivity index (χ1v) is 8.91. The highest BCUT2D eigenvalue weighted by atomic mass is 16.2. The highest BCUT2D eigenvalue weighted by Gasteiger charge is 2.19. The maximum Gasteiger partial charge on any atom is 0.259 e. The Morgan fingerprint density at radius 3 is 2.54 bits per heavy atom. The van der Waals surface area contributed by atoms with Crippen molar-refractivity contribution in [3.63, 3.8) is 0 Å². The van der Waals surface area contributed by atoms with Gasteiger partial charge in [-0.3, -0.25) is 9.59 Å². The number of hydrogen-bond acceptors (Lipinski definition) is 4. The molecule has 1 fully saturated rings. The number of aryl methyl sites for hydroxylation is 1. The van der Waals surface area contributed by atoms with Crippen LogP contribution in [0.5, 0.6) is 0 Å². The molecule has 0 radical (unpaired) electrons. The molecule has 0 N–H and O–H groups in total. The van der Waals surface area contributed by atoms with Crippen molar-refractivity contribution in [3.05, 3.63) is 53.7 Å². The van der Waals surface area contributed by atoms with Crippen LogP contribution in [0, 0.1) is 6.92 Å². The van der Waals surface area contributed by atoms with E-state index >= 15 is 0 Å². The highest BCUT2D eigenvalue weighted by molar-refractivity contribution is 6.06. The van der Waals surface area contributed by atoms with E-state index in [1.165, 1.54) is 0 Å². The molecule has 6 nitrogen and oxygen atoms in total. The zero-order valence-electron chi connectivity index (χ0n) is 15.3. The van der Waals surface area contributed by atoms with Gasteiger partial charge in [0, 0.05) is 44.6 Å². The number of pyridine rings is 1. The van der Waals surface area contributed by atoms with Crippen molar-refractivity contribution >= 4 is 23.8 Å². The van der Waals surface area contributed by atoms with E-state index in [0.717, 1.165) is 36.6 Å². The topological polar surface area (TPSA) is 56.8 Å². The average Bonchev–Trinajstić information content (AvgIpc) is 2.69. The number of piperazine rings is 1. The van der Waals surface area contributed by atoms with Crippen LogP contribution in [-0.4, -0.2) is 54.9 Å². The summed E-state index contributed by atoms with van der Waals surface area (Å²) in [5.74, 6) is 0.786. The summed E-state index contributed by atoms with van der Waals surface area (Å²) >= 11 is 0. The van der Waals surface area contributed by atoms with E-state index in [9.17, 15) is 9.59 Å². The van der Waals surface area contributed by atoms with Crippen molar-refractivity contribution in [1.29, 1.82) is 0 Å². The molecule has 0 atom stereocenters. The monoisotopic (exact) mass is 352 g/mol. The Morgan fingerprint density at radius 1 is 1.19 bits per heavy atom. The van der Waals surface area contributed by atoms with Crippen LogP contribution in [0.15, 0.2) is 42.6 Å². The van der Waals surface area contributed by atoms with Crippen molar-refractivity contribution in [2.45, 2.75) is 13.8 Å². The Kier molecular flexibility index (Phi) is 5.51. The minimum atomic E-state index is -0.0528. The number of aromatic nitrogens is 1. The number of amides is 2. The fourth-order valence-electron chi connectivity index (χ4n) is 3.15. The maximum atomic E-state index is 12.9. The first-order chi connectivity index (χ1) is 12.6. The molecule has 0 unspecified atom stereocenters. The molecule has 2 amide bonds. The lowest BCUT2D eigenvalue weighted by Crippen LogP contribution is -2.46. The summed E-state index contributed by atoms with van der Waals surface area (Å²) in [5, 5.41) is 0. The lowest BCUT2D eigenvalue weighted by Gasteiger charge is -2.33. The van der Waals surface area contributed by atoms with E-state index in [-0.39, 0.29) is 5.91 Å². The smallest absolute Gasteiger partial charge is 0.259 e. The number of carbonyl (C=O) groups excluding carboxylic acids is 2. The summed E-state index contributed by atoms with van der Waals surface area (Å²) in [4.78, 5) is 33.8. The van der Waals surface area contributed by atoms with Gasteiger partial charge >= 0.3 is 0 Å². The minimum absolute atomic E-state index is 0.0528. The van der Waals surface area contributed by atoms with E-state index in [0.29, 0.717) is 25.2 Å². The molecule has 136 valence electrons. The van der Waals surface area contributed by atoms with E-state index < -0.39 is 0 Å². The first kappa shape index (κ1) is 17.9. The zero-order chi connectivity index (χ0) is 18.5. The molecule has 2 heterocycles. The van der Waals surface area contributed by atoms with Gasteiger partial charge in [0.25, 0.3) is 5.91 Å². The van der Waals surface area contributed by atoms with Crippen molar-refractivity contribution in [2.24, 2.45) is 0 Å². The van der Waals surface area contributed by atoms with Crippen LogP contribution in [0.3, 0.4) is 0 Å². The minimum Gasteiger partial charge on any atom is -0.353 e. The molecule has 26 heavy (non-hydrogen) atoms. The molecule has 6 heteroatoms. The van der Waals surface area contributed by atoms with Crippen LogP contribution in [0.2, 0.25) is 0 Å². The van der Waals surface area contributed by atoms with Crippen LogP contribution in [0.1, 0.15) is 22.8 Å². The normalized spacial score (nSPS) is 14.2.